The molecule has 0 bridgehead atoms. The van der Waals surface area contributed by atoms with Gasteiger partial charge in [-0.15, -0.1) is 5.10 Å². The number of Topliss-reactive ketones (excluding diaryl/α,β-unsaturated/α-hetero) is 1. The van der Waals surface area contributed by atoms with Gasteiger partial charge in [-0.2, -0.15) is 0 Å². The van der Waals surface area contributed by atoms with E-state index in [0.717, 1.165) is 0 Å². The van der Waals surface area contributed by atoms with Crippen LogP contribution < -0.4 is 11.5 Å². The first kappa shape index (κ1) is 10.3. The van der Waals surface area contributed by atoms with E-state index in [1.807, 2.05) is 0 Å². The third-order valence-electron chi connectivity index (χ3n) is 1.62. The Bertz CT molecular complexity index is 357. The lowest BCUT2D eigenvalue weighted by molar-refractivity contribution is -0.120. The van der Waals surface area contributed by atoms with Gasteiger partial charge < -0.3 is 11.5 Å². The molecule has 4 N–H and O–H groups in total. The highest BCUT2D eigenvalue weighted by Crippen LogP contribution is 1.93. The van der Waals surface area contributed by atoms with Crippen molar-refractivity contribution < 1.29 is 9.59 Å². The molecule has 0 aromatic carbocycles. The highest BCUT2D eigenvalue weighted by molar-refractivity contribution is 5.90. The van der Waals surface area contributed by atoms with Crippen LogP contribution in [0.25, 0.3) is 0 Å². The number of nitrogens with zero attached hydrogens (tertiary/aromatic N) is 3. The van der Waals surface area contributed by atoms with Gasteiger partial charge in [-0.05, 0) is 6.92 Å². The average Bonchev–Trinajstić information content (AvgIpc) is 2.52. The van der Waals surface area contributed by atoms with E-state index in [0.29, 0.717) is 0 Å². The molecule has 0 aliphatic carbocycles. The van der Waals surface area contributed by atoms with Crippen LogP contribution in [0.4, 0.5) is 0 Å². The van der Waals surface area contributed by atoms with Crippen molar-refractivity contribution in [3.05, 3.63) is 11.9 Å². The molecule has 0 unspecified atom stereocenters. The van der Waals surface area contributed by atoms with Crippen LogP contribution in [-0.4, -0.2) is 32.7 Å². The molecular formula is C7H11N5O2. The first-order valence-electron chi connectivity index (χ1n) is 3.99. The third-order valence-corrected chi connectivity index (χ3v) is 1.62. The fourth-order valence-corrected chi connectivity index (χ4v) is 0.792. The first-order chi connectivity index (χ1) is 6.50. The molecule has 14 heavy (non-hydrogen) atoms. The Balaban J connectivity index is 2.69. The molecule has 76 valence electrons. The van der Waals surface area contributed by atoms with Crippen molar-refractivity contribution in [1.82, 2.24) is 15.0 Å². The Labute approximate surface area is 80.1 Å². The number of nitrogens with two attached hydrogens (primary N) is 2. The molecule has 0 radical (unpaired) electrons. The van der Waals surface area contributed by atoms with E-state index in [2.05, 4.69) is 10.3 Å². The second-order valence-electron chi connectivity index (χ2n) is 2.92. The predicted octanol–water partition coefficient (Wildman–Crippen LogP) is -1.71. The summed E-state index contributed by atoms with van der Waals surface area (Å²) in [6, 6.07) is -0.559. The Morgan fingerprint density at radius 2 is 2.29 bits per heavy atom. The SMILES string of the molecule is C[C@H](N)C(=O)Cn1cc(C(N)=O)nn1. The topological polar surface area (TPSA) is 117 Å². The van der Waals surface area contributed by atoms with Crippen molar-refractivity contribution >= 4 is 11.7 Å². The number of primary amides is 1. The smallest absolute Gasteiger partial charge is 0.270 e. The lowest BCUT2D eigenvalue weighted by atomic mass is 10.2. The van der Waals surface area contributed by atoms with Crippen LogP contribution in [-0.2, 0) is 11.3 Å². The summed E-state index contributed by atoms with van der Waals surface area (Å²) in [4.78, 5) is 21.8. The molecule has 0 fully saturated rings. The molecule has 1 aromatic rings. The molecule has 1 amide bonds. The van der Waals surface area contributed by atoms with E-state index in [4.69, 9.17) is 11.5 Å². The summed E-state index contributed by atoms with van der Waals surface area (Å²) < 4.78 is 1.23. The minimum Gasteiger partial charge on any atom is -0.364 e. The van der Waals surface area contributed by atoms with Crippen LogP contribution in [0.15, 0.2) is 6.20 Å². The largest absolute Gasteiger partial charge is 0.364 e. The van der Waals surface area contributed by atoms with Crippen LogP contribution in [0.2, 0.25) is 0 Å². The summed E-state index contributed by atoms with van der Waals surface area (Å²) in [5, 5.41) is 7.02. The molecule has 1 heterocycles. The van der Waals surface area contributed by atoms with E-state index in [1.54, 1.807) is 6.92 Å². The van der Waals surface area contributed by atoms with E-state index in [-0.39, 0.29) is 18.0 Å². The highest BCUT2D eigenvalue weighted by atomic mass is 16.1. The van der Waals surface area contributed by atoms with Crippen LogP contribution in [0.1, 0.15) is 17.4 Å². The predicted molar refractivity (Wildman–Crippen MR) is 47.2 cm³/mol. The monoisotopic (exact) mass is 197 g/mol. The summed E-state index contributed by atoms with van der Waals surface area (Å²) in [5.41, 5.74) is 10.3. The first-order valence-corrected chi connectivity index (χ1v) is 3.99. The summed E-state index contributed by atoms with van der Waals surface area (Å²) in [5.74, 6) is -0.865. The fourth-order valence-electron chi connectivity index (χ4n) is 0.792. The number of hydrogen-bond acceptors (Lipinski definition) is 5. The van der Waals surface area contributed by atoms with Gasteiger partial charge in [0.1, 0.15) is 6.54 Å². The van der Waals surface area contributed by atoms with Crippen molar-refractivity contribution in [3.8, 4) is 0 Å². The molecular weight excluding hydrogens is 186 g/mol. The van der Waals surface area contributed by atoms with Gasteiger partial charge >= 0.3 is 0 Å². The normalized spacial score (nSPS) is 12.4. The quantitative estimate of drug-likeness (QED) is 0.596. The summed E-state index contributed by atoms with van der Waals surface area (Å²) >= 11 is 0. The maximum atomic E-state index is 11.2. The van der Waals surface area contributed by atoms with Crippen LogP contribution in [0.5, 0.6) is 0 Å². The molecule has 7 nitrogen and oxygen atoms in total. The fraction of sp³-hybridized carbons (Fsp3) is 0.429. The Morgan fingerprint density at radius 3 is 2.71 bits per heavy atom. The van der Waals surface area contributed by atoms with Gasteiger partial charge in [0.2, 0.25) is 0 Å². The van der Waals surface area contributed by atoms with Gasteiger partial charge in [0, 0.05) is 0 Å². The lowest BCUT2D eigenvalue weighted by Gasteiger charge is -2.02. The second kappa shape index (κ2) is 3.97. The second-order valence-corrected chi connectivity index (χ2v) is 2.92. The Hall–Kier alpha value is -1.76. The zero-order chi connectivity index (χ0) is 10.7. The van der Waals surface area contributed by atoms with Crippen molar-refractivity contribution in [3.63, 3.8) is 0 Å². The van der Waals surface area contributed by atoms with Crippen LogP contribution in [0, 0.1) is 0 Å². The van der Waals surface area contributed by atoms with Crippen molar-refractivity contribution in [2.45, 2.75) is 19.5 Å². The minimum atomic E-state index is -0.676. The number of aromatic nitrogens is 3. The molecule has 1 rings (SSSR count). The van der Waals surface area contributed by atoms with Gasteiger partial charge in [-0.1, -0.05) is 5.21 Å². The molecule has 7 heteroatoms. The number of carbonyl (C=O) groups is 2. The molecule has 0 aliphatic rings. The van der Waals surface area contributed by atoms with Gasteiger partial charge in [0.05, 0.1) is 12.2 Å². The maximum Gasteiger partial charge on any atom is 0.270 e. The minimum absolute atomic E-state index is 0.00204. The van der Waals surface area contributed by atoms with E-state index < -0.39 is 11.9 Å². The van der Waals surface area contributed by atoms with Crippen LogP contribution >= 0.6 is 0 Å². The Kier molecular flexibility index (Phi) is 2.92. The van der Waals surface area contributed by atoms with Gasteiger partial charge in [-0.3, -0.25) is 9.59 Å². The van der Waals surface area contributed by atoms with Gasteiger partial charge in [0.25, 0.3) is 5.91 Å². The molecule has 0 spiro atoms. The lowest BCUT2D eigenvalue weighted by Crippen LogP contribution is -2.30. The zero-order valence-electron chi connectivity index (χ0n) is 7.67. The Morgan fingerprint density at radius 1 is 1.64 bits per heavy atom. The summed E-state index contributed by atoms with van der Waals surface area (Å²) in [6.45, 7) is 1.58. The zero-order valence-corrected chi connectivity index (χ0v) is 7.67. The number of ketones is 1. The molecule has 1 aromatic heterocycles. The van der Waals surface area contributed by atoms with E-state index in [9.17, 15) is 9.59 Å². The number of hydrogen-bond donors (Lipinski definition) is 2. The maximum absolute atomic E-state index is 11.2. The third kappa shape index (κ3) is 2.36. The number of amides is 1. The number of carbonyl (C=O) groups excluding carboxylic acids is 2. The van der Waals surface area contributed by atoms with Gasteiger partial charge in [0.15, 0.2) is 11.5 Å². The van der Waals surface area contributed by atoms with Gasteiger partial charge in [-0.25, -0.2) is 4.68 Å². The van der Waals surface area contributed by atoms with E-state index in [1.165, 1.54) is 10.9 Å². The van der Waals surface area contributed by atoms with Crippen LogP contribution in [0.3, 0.4) is 0 Å². The van der Waals surface area contributed by atoms with Crippen molar-refractivity contribution in [1.29, 1.82) is 0 Å². The summed E-state index contributed by atoms with van der Waals surface area (Å²) in [6.07, 6.45) is 1.31. The molecule has 0 saturated heterocycles. The molecule has 0 saturated carbocycles. The molecule has 0 aliphatic heterocycles. The highest BCUT2D eigenvalue weighted by Gasteiger charge is 2.11. The average molecular weight is 197 g/mol. The standard InChI is InChI=1S/C7H11N5O2/c1-4(8)6(13)3-12-2-5(7(9)14)10-11-12/h2,4H,3,8H2,1H3,(H2,9,14)/t4-/m0/s1. The van der Waals surface area contributed by atoms with E-state index >= 15 is 0 Å². The molecule has 1 atom stereocenters. The summed E-state index contributed by atoms with van der Waals surface area (Å²) in [7, 11) is 0. The number of rotatable bonds is 4. The van der Waals surface area contributed by atoms with Crippen molar-refractivity contribution in [2.75, 3.05) is 0 Å². The van der Waals surface area contributed by atoms with Crippen molar-refractivity contribution in [2.24, 2.45) is 11.5 Å².